The Kier molecular flexibility index (Phi) is 2.49. The van der Waals surface area contributed by atoms with Gasteiger partial charge in [-0.2, -0.15) is 0 Å². The quantitative estimate of drug-likeness (QED) is 0.395. The van der Waals surface area contributed by atoms with E-state index in [1.165, 1.54) is 0 Å². The fraction of sp³-hybridized carbons (Fsp3) is 0.714. The van der Waals surface area contributed by atoms with Crippen LogP contribution in [0.3, 0.4) is 0 Å². The highest BCUT2D eigenvalue weighted by molar-refractivity contribution is 6.58. The average molecular weight is 174 g/mol. The molecule has 0 spiro atoms. The van der Waals surface area contributed by atoms with Crippen molar-refractivity contribution in [1.82, 2.24) is 0 Å². The van der Waals surface area contributed by atoms with Gasteiger partial charge in [0.05, 0.1) is 0 Å². The van der Waals surface area contributed by atoms with E-state index >= 15 is 0 Å². The molecule has 2 unspecified atom stereocenters. The Morgan fingerprint density at radius 2 is 2.00 bits per heavy atom. The standard InChI is InChI=1S/C7H14O3Si/c1-6-4-2-3-5-7(6)11(8,9)10/h3,5-10H,2,4H2,1H3. The van der Waals surface area contributed by atoms with Crippen LogP contribution in [0.15, 0.2) is 12.2 Å². The number of hydrogen-bond donors (Lipinski definition) is 3. The Morgan fingerprint density at radius 3 is 2.36 bits per heavy atom. The van der Waals surface area contributed by atoms with Crippen molar-refractivity contribution in [1.29, 1.82) is 0 Å². The van der Waals surface area contributed by atoms with Gasteiger partial charge in [0.2, 0.25) is 0 Å². The van der Waals surface area contributed by atoms with Crippen molar-refractivity contribution < 1.29 is 14.4 Å². The summed E-state index contributed by atoms with van der Waals surface area (Å²) < 4.78 is 0. The lowest BCUT2D eigenvalue weighted by molar-refractivity contribution is 0.202. The SMILES string of the molecule is CC1CCC=CC1[Si](O)(O)O. The van der Waals surface area contributed by atoms with Gasteiger partial charge in [0, 0.05) is 5.54 Å². The van der Waals surface area contributed by atoms with Crippen molar-refractivity contribution in [2.75, 3.05) is 0 Å². The summed E-state index contributed by atoms with van der Waals surface area (Å²) in [6.45, 7) is 1.93. The van der Waals surface area contributed by atoms with E-state index < -0.39 is 14.3 Å². The van der Waals surface area contributed by atoms with Crippen molar-refractivity contribution in [2.45, 2.75) is 25.3 Å². The van der Waals surface area contributed by atoms with E-state index in [4.69, 9.17) is 14.4 Å². The Balaban J connectivity index is 2.69. The van der Waals surface area contributed by atoms with E-state index in [1.54, 1.807) is 6.08 Å². The summed E-state index contributed by atoms with van der Waals surface area (Å²) in [5, 5.41) is 0. The van der Waals surface area contributed by atoms with Crippen LogP contribution in [0.2, 0.25) is 5.54 Å². The molecule has 1 aliphatic carbocycles. The third-order valence-electron chi connectivity index (χ3n) is 2.19. The zero-order chi connectivity index (χ0) is 8.48. The fourth-order valence-corrected chi connectivity index (χ4v) is 2.81. The first-order chi connectivity index (χ1) is 5.02. The lowest BCUT2D eigenvalue weighted by Crippen LogP contribution is -2.43. The van der Waals surface area contributed by atoms with Crippen LogP contribution in [-0.2, 0) is 0 Å². The van der Waals surface area contributed by atoms with E-state index in [-0.39, 0.29) is 5.92 Å². The molecule has 2 atom stereocenters. The van der Waals surface area contributed by atoms with Crippen LogP contribution in [-0.4, -0.2) is 23.2 Å². The van der Waals surface area contributed by atoms with Gasteiger partial charge in [-0.3, -0.25) is 0 Å². The molecule has 3 nitrogen and oxygen atoms in total. The lowest BCUT2D eigenvalue weighted by Gasteiger charge is -2.27. The van der Waals surface area contributed by atoms with E-state index in [2.05, 4.69) is 0 Å². The molecular formula is C7H14O3Si. The van der Waals surface area contributed by atoms with Crippen molar-refractivity contribution in [3.05, 3.63) is 12.2 Å². The van der Waals surface area contributed by atoms with Crippen LogP contribution in [0.1, 0.15) is 19.8 Å². The summed E-state index contributed by atoms with van der Waals surface area (Å²) in [6.07, 6.45) is 5.52. The van der Waals surface area contributed by atoms with Crippen LogP contribution in [0.4, 0.5) is 0 Å². The average Bonchev–Trinajstić information content (AvgIpc) is 1.86. The third-order valence-corrected chi connectivity index (χ3v) is 3.85. The highest BCUT2D eigenvalue weighted by Crippen LogP contribution is 2.33. The van der Waals surface area contributed by atoms with E-state index in [0.717, 1.165) is 12.8 Å². The third kappa shape index (κ3) is 2.13. The second-order valence-corrected chi connectivity index (χ2v) is 5.24. The van der Waals surface area contributed by atoms with Gasteiger partial charge >= 0.3 is 8.80 Å². The molecule has 1 aliphatic rings. The van der Waals surface area contributed by atoms with Crippen molar-refractivity contribution in [3.8, 4) is 0 Å². The maximum atomic E-state index is 9.01. The van der Waals surface area contributed by atoms with Crippen molar-refractivity contribution >= 4 is 8.80 Å². The Hall–Kier alpha value is -0.163. The second kappa shape index (κ2) is 3.06. The molecule has 4 heteroatoms. The van der Waals surface area contributed by atoms with Crippen molar-refractivity contribution in [3.63, 3.8) is 0 Å². The normalized spacial score (nSPS) is 32.4. The number of rotatable bonds is 1. The Morgan fingerprint density at radius 1 is 1.36 bits per heavy atom. The van der Waals surface area contributed by atoms with Crippen LogP contribution >= 0.6 is 0 Å². The molecule has 0 heterocycles. The molecule has 0 bridgehead atoms. The minimum atomic E-state index is -3.91. The number of allylic oxidation sites excluding steroid dienone is 2. The van der Waals surface area contributed by atoms with Gasteiger partial charge in [-0.25, -0.2) is 0 Å². The molecule has 0 aliphatic heterocycles. The second-order valence-electron chi connectivity index (χ2n) is 3.20. The first kappa shape index (κ1) is 8.93. The van der Waals surface area contributed by atoms with Crippen LogP contribution in [0, 0.1) is 5.92 Å². The summed E-state index contributed by atoms with van der Waals surface area (Å²) in [6, 6.07) is 0. The van der Waals surface area contributed by atoms with Gasteiger partial charge in [-0.15, -0.1) is 0 Å². The molecule has 64 valence electrons. The zero-order valence-electron chi connectivity index (χ0n) is 6.57. The van der Waals surface area contributed by atoms with Crippen LogP contribution in [0.25, 0.3) is 0 Å². The highest BCUT2D eigenvalue weighted by Gasteiger charge is 2.41. The molecule has 0 saturated carbocycles. The first-order valence-electron chi connectivity index (χ1n) is 3.85. The molecule has 3 N–H and O–H groups in total. The monoisotopic (exact) mass is 174 g/mol. The van der Waals surface area contributed by atoms with Gasteiger partial charge in [-0.05, 0) is 18.8 Å². The van der Waals surface area contributed by atoms with Gasteiger partial charge in [0.15, 0.2) is 0 Å². The van der Waals surface area contributed by atoms with E-state index in [1.807, 2.05) is 13.0 Å². The van der Waals surface area contributed by atoms with Gasteiger partial charge in [0.25, 0.3) is 0 Å². The topological polar surface area (TPSA) is 60.7 Å². The van der Waals surface area contributed by atoms with Crippen molar-refractivity contribution in [2.24, 2.45) is 5.92 Å². The summed E-state index contributed by atoms with van der Waals surface area (Å²) >= 11 is 0. The highest BCUT2D eigenvalue weighted by atomic mass is 28.4. The Bertz CT molecular complexity index is 162. The first-order valence-corrected chi connectivity index (χ1v) is 5.77. The molecule has 0 radical (unpaired) electrons. The smallest absolute Gasteiger partial charge is 0.390 e. The Labute approximate surface area is 67.4 Å². The maximum Gasteiger partial charge on any atom is 0.500 e. The van der Waals surface area contributed by atoms with E-state index in [9.17, 15) is 0 Å². The minimum absolute atomic E-state index is 0.187. The van der Waals surface area contributed by atoms with Gasteiger partial charge < -0.3 is 14.4 Å². The molecule has 1 rings (SSSR count). The van der Waals surface area contributed by atoms with Crippen LogP contribution in [0.5, 0.6) is 0 Å². The predicted octanol–water partition coefficient (Wildman–Crippen LogP) is 0.258. The number of hydrogen-bond acceptors (Lipinski definition) is 3. The minimum Gasteiger partial charge on any atom is -0.390 e. The molecule has 0 saturated heterocycles. The predicted molar refractivity (Wildman–Crippen MR) is 43.7 cm³/mol. The maximum absolute atomic E-state index is 9.01. The zero-order valence-corrected chi connectivity index (χ0v) is 7.57. The van der Waals surface area contributed by atoms with Crippen LogP contribution < -0.4 is 0 Å². The summed E-state index contributed by atoms with van der Waals surface area (Å²) in [5.41, 5.74) is -0.406. The van der Waals surface area contributed by atoms with Gasteiger partial charge in [-0.1, -0.05) is 19.1 Å². The largest absolute Gasteiger partial charge is 0.500 e. The molecular weight excluding hydrogens is 160 g/mol. The fourth-order valence-electron chi connectivity index (χ4n) is 1.48. The van der Waals surface area contributed by atoms with E-state index in [0.29, 0.717) is 0 Å². The lowest BCUT2D eigenvalue weighted by atomic mass is 9.96. The molecule has 0 aromatic rings. The van der Waals surface area contributed by atoms with Gasteiger partial charge in [0.1, 0.15) is 0 Å². The summed E-state index contributed by atoms with van der Waals surface area (Å²) in [4.78, 5) is 27.0. The summed E-state index contributed by atoms with van der Waals surface area (Å²) in [5.74, 6) is 0.187. The summed E-state index contributed by atoms with van der Waals surface area (Å²) in [7, 11) is -3.91. The molecule has 0 aromatic heterocycles. The molecule has 0 fully saturated rings. The molecule has 0 aromatic carbocycles. The molecule has 0 amide bonds. The molecule has 11 heavy (non-hydrogen) atoms.